The van der Waals surface area contributed by atoms with Crippen molar-refractivity contribution in [1.82, 2.24) is 10.2 Å². The molecule has 2 aliphatic heterocycles. The van der Waals surface area contributed by atoms with Crippen LogP contribution < -0.4 is 5.32 Å². The van der Waals surface area contributed by atoms with Crippen LogP contribution in [0.25, 0.3) is 0 Å². The van der Waals surface area contributed by atoms with Gasteiger partial charge >= 0.3 is 5.97 Å². The molecule has 2 saturated heterocycles. The maximum absolute atomic E-state index is 12.0. The molecule has 0 radical (unpaired) electrons. The first-order chi connectivity index (χ1) is 8.16. The molecule has 2 rings (SSSR count). The molecule has 1 amide bonds. The summed E-state index contributed by atoms with van der Waals surface area (Å²) < 4.78 is 0. The first-order valence-corrected chi connectivity index (χ1v) is 6.41. The molecule has 5 nitrogen and oxygen atoms in total. The molecule has 1 unspecified atom stereocenters. The molecule has 0 bridgehead atoms. The van der Waals surface area contributed by atoms with E-state index in [2.05, 4.69) is 5.32 Å². The molecular weight excluding hydrogens is 220 g/mol. The van der Waals surface area contributed by atoms with Gasteiger partial charge in [0, 0.05) is 25.6 Å². The predicted molar refractivity (Wildman–Crippen MR) is 62.6 cm³/mol. The molecule has 17 heavy (non-hydrogen) atoms. The summed E-state index contributed by atoms with van der Waals surface area (Å²) >= 11 is 0. The van der Waals surface area contributed by atoms with Crippen molar-refractivity contribution in [3.63, 3.8) is 0 Å². The lowest BCUT2D eigenvalue weighted by Crippen LogP contribution is -2.44. The Hall–Kier alpha value is -1.10. The maximum atomic E-state index is 12.0. The summed E-state index contributed by atoms with van der Waals surface area (Å²) in [5, 5.41) is 12.3. The highest BCUT2D eigenvalue weighted by Gasteiger charge is 2.29. The monoisotopic (exact) mass is 240 g/mol. The summed E-state index contributed by atoms with van der Waals surface area (Å²) in [5.41, 5.74) is 0. The molecule has 0 aromatic heterocycles. The fourth-order valence-electron chi connectivity index (χ4n) is 2.68. The van der Waals surface area contributed by atoms with Gasteiger partial charge in [-0.25, -0.2) is 0 Å². The van der Waals surface area contributed by atoms with Gasteiger partial charge in [0.15, 0.2) is 0 Å². The topological polar surface area (TPSA) is 69.6 Å². The van der Waals surface area contributed by atoms with Crippen LogP contribution in [0.2, 0.25) is 0 Å². The lowest BCUT2D eigenvalue weighted by molar-refractivity contribution is -0.145. The highest BCUT2D eigenvalue weighted by Crippen LogP contribution is 2.19. The van der Waals surface area contributed by atoms with Crippen molar-refractivity contribution in [2.45, 2.75) is 38.1 Å². The molecule has 2 N–H and O–H groups in total. The molecule has 0 aliphatic carbocycles. The third-order valence-electron chi connectivity index (χ3n) is 3.71. The van der Waals surface area contributed by atoms with E-state index in [0.29, 0.717) is 25.4 Å². The number of likely N-dealkylation sites (tertiary alicyclic amines) is 1. The standard InChI is InChI=1S/C12H20N2O3/c15-11(7-10-4-1-5-13-10)14-6-2-3-9(8-14)12(16)17/h9-10,13H,1-8H2,(H,16,17)/t9-,10?/m0/s1. The maximum Gasteiger partial charge on any atom is 0.308 e. The number of hydrogen-bond acceptors (Lipinski definition) is 3. The minimum absolute atomic E-state index is 0.107. The Morgan fingerprint density at radius 3 is 2.76 bits per heavy atom. The second kappa shape index (κ2) is 5.49. The Balaban J connectivity index is 1.83. The molecular formula is C12H20N2O3. The zero-order valence-electron chi connectivity index (χ0n) is 10.0. The Labute approximate surface area is 101 Å². The van der Waals surface area contributed by atoms with Gasteiger partial charge in [-0.15, -0.1) is 0 Å². The molecule has 2 fully saturated rings. The first kappa shape index (κ1) is 12.4. The highest BCUT2D eigenvalue weighted by molar-refractivity contribution is 5.78. The summed E-state index contributed by atoms with van der Waals surface area (Å²) in [6, 6.07) is 0.299. The number of carboxylic acid groups (broad SMARTS) is 1. The number of aliphatic carboxylic acids is 1. The minimum atomic E-state index is -0.776. The summed E-state index contributed by atoms with van der Waals surface area (Å²) in [7, 11) is 0. The van der Waals surface area contributed by atoms with E-state index >= 15 is 0 Å². The van der Waals surface area contributed by atoms with Crippen molar-refractivity contribution in [3.05, 3.63) is 0 Å². The molecule has 2 aliphatic rings. The molecule has 2 atom stereocenters. The number of carbonyl (C=O) groups is 2. The second-order valence-electron chi connectivity index (χ2n) is 5.01. The lowest BCUT2D eigenvalue weighted by atomic mass is 9.97. The largest absolute Gasteiger partial charge is 0.481 e. The second-order valence-corrected chi connectivity index (χ2v) is 5.01. The van der Waals surface area contributed by atoms with Gasteiger partial charge in [-0.05, 0) is 32.2 Å². The number of hydrogen-bond donors (Lipinski definition) is 2. The molecule has 5 heteroatoms. The number of rotatable bonds is 3. The minimum Gasteiger partial charge on any atom is -0.481 e. The predicted octanol–water partition coefficient (Wildman–Crippen LogP) is 0.452. The van der Waals surface area contributed by atoms with Crippen LogP contribution in [0.3, 0.4) is 0 Å². The van der Waals surface area contributed by atoms with Gasteiger partial charge in [0.25, 0.3) is 0 Å². The number of carboxylic acids is 1. The molecule has 2 heterocycles. The number of amides is 1. The van der Waals surface area contributed by atoms with Crippen molar-refractivity contribution in [2.24, 2.45) is 5.92 Å². The Morgan fingerprint density at radius 2 is 2.12 bits per heavy atom. The summed E-state index contributed by atoms with van der Waals surface area (Å²) in [6.45, 7) is 2.10. The number of nitrogens with one attached hydrogen (secondary N) is 1. The Bertz CT molecular complexity index is 300. The summed E-state index contributed by atoms with van der Waals surface area (Å²) in [5.74, 6) is -1.04. The van der Waals surface area contributed by atoms with Gasteiger partial charge in [-0.1, -0.05) is 0 Å². The van der Waals surface area contributed by atoms with Crippen LogP contribution in [-0.2, 0) is 9.59 Å². The molecule has 0 spiro atoms. The van der Waals surface area contributed by atoms with Crippen LogP contribution in [0.4, 0.5) is 0 Å². The van der Waals surface area contributed by atoms with Gasteiger partial charge in [0.1, 0.15) is 0 Å². The molecule has 0 aromatic rings. The fourth-order valence-corrected chi connectivity index (χ4v) is 2.68. The van der Waals surface area contributed by atoms with Crippen molar-refractivity contribution < 1.29 is 14.7 Å². The van der Waals surface area contributed by atoms with Crippen molar-refractivity contribution in [1.29, 1.82) is 0 Å². The van der Waals surface area contributed by atoms with Gasteiger partial charge in [-0.2, -0.15) is 0 Å². The first-order valence-electron chi connectivity index (χ1n) is 6.41. The van der Waals surface area contributed by atoms with Crippen molar-refractivity contribution in [2.75, 3.05) is 19.6 Å². The smallest absolute Gasteiger partial charge is 0.308 e. The van der Waals surface area contributed by atoms with Crippen molar-refractivity contribution in [3.8, 4) is 0 Å². The van der Waals surface area contributed by atoms with E-state index in [9.17, 15) is 9.59 Å². The van der Waals surface area contributed by atoms with Crippen molar-refractivity contribution >= 4 is 11.9 Å². The number of nitrogens with zero attached hydrogens (tertiary/aromatic N) is 1. The zero-order valence-corrected chi connectivity index (χ0v) is 10.0. The third kappa shape index (κ3) is 3.19. The van der Waals surface area contributed by atoms with Crippen LogP contribution >= 0.6 is 0 Å². The lowest BCUT2D eigenvalue weighted by Gasteiger charge is -2.31. The van der Waals surface area contributed by atoms with E-state index in [1.54, 1.807) is 4.90 Å². The zero-order chi connectivity index (χ0) is 12.3. The van der Waals surface area contributed by atoms with E-state index in [4.69, 9.17) is 5.11 Å². The van der Waals surface area contributed by atoms with Gasteiger partial charge in [0.05, 0.1) is 5.92 Å². The van der Waals surface area contributed by atoms with E-state index in [1.807, 2.05) is 0 Å². The molecule has 0 aromatic carbocycles. The fraction of sp³-hybridized carbons (Fsp3) is 0.833. The quantitative estimate of drug-likeness (QED) is 0.751. The SMILES string of the molecule is O=C(O)[C@H]1CCCN(C(=O)CC2CCCN2)C1. The van der Waals surface area contributed by atoms with E-state index in [0.717, 1.165) is 32.4 Å². The Kier molecular flexibility index (Phi) is 3.99. The van der Waals surface area contributed by atoms with E-state index in [-0.39, 0.29) is 11.8 Å². The average molecular weight is 240 g/mol. The van der Waals surface area contributed by atoms with Crippen LogP contribution in [0.1, 0.15) is 32.1 Å². The normalized spacial score (nSPS) is 29.3. The van der Waals surface area contributed by atoms with E-state index in [1.165, 1.54) is 0 Å². The molecule has 0 saturated carbocycles. The van der Waals surface area contributed by atoms with Gasteiger partial charge in [0.2, 0.25) is 5.91 Å². The Morgan fingerprint density at radius 1 is 1.29 bits per heavy atom. The number of piperidine rings is 1. The average Bonchev–Trinajstić information content (AvgIpc) is 2.82. The van der Waals surface area contributed by atoms with E-state index < -0.39 is 5.97 Å². The van der Waals surface area contributed by atoms with Crippen LogP contribution in [0.15, 0.2) is 0 Å². The van der Waals surface area contributed by atoms with Crippen LogP contribution in [-0.4, -0.2) is 47.6 Å². The summed E-state index contributed by atoms with van der Waals surface area (Å²) in [6.07, 6.45) is 4.21. The third-order valence-corrected chi connectivity index (χ3v) is 3.71. The highest BCUT2D eigenvalue weighted by atomic mass is 16.4. The summed E-state index contributed by atoms with van der Waals surface area (Å²) in [4.78, 5) is 24.7. The number of carbonyl (C=O) groups excluding carboxylic acids is 1. The van der Waals surface area contributed by atoms with Gasteiger partial charge < -0.3 is 15.3 Å². The van der Waals surface area contributed by atoms with Crippen LogP contribution in [0, 0.1) is 5.92 Å². The van der Waals surface area contributed by atoms with Gasteiger partial charge in [-0.3, -0.25) is 9.59 Å². The molecule has 96 valence electrons. The van der Waals surface area contributed by atoms with Crippen LogP contribution in [0.5, 0.6) is 0 Å².